The molecule has 4 N–H and O–H groups in total. The summed E-state index contributed by atoms with van der Waals surface area (Å²) in [5.41, 5.74) is 4.08. The summed E-state index contributed by atoms with van der Waals surface area (Å²) in [6.45, 7) is 16.7. The van der Waals surface area contributed by atoms with Crippen molar-refractivity contribution in [3.05, 3.63) is 130 Å². The highest BCUT2D eigenvalue weighted by molar-refractivity contribution is 6.14. The Labute approximate surface area is 548 Å². The van der Waals surface area contributed by atoms with E-state index >= 15 is 0 Å². The van der Waals surface area contributed by atoms with Gasteiger partial charge in [-0.15, -0.1) is 0 Å². The Hall–Kier alpha value is -8.22. The highest BCUT2D eigenvalue weighted by Gasteiger charge is 2.23. The number of phenolic OH excluding ortho intramolecular Hbond substituents is 4. The number of hydrogen-bond acceptors (Lipinski definition) is 12. The summed E-state index contributed by atoms with van der Waals surface area (Å²) in [5, 5.41) is 44.0. The average molecular weight is 1260 g/mol. The van der Waals surface area contributed by atoms with Gasteiger partial charge >= 0.3 is 0 Å². The summed E-state index contributed by atoms with van der Waals surface area (Å²) in [6.07, 6.45) is 25.4. The molecule has 0 spiro atoms. The lowest BCUT2D eigenvalue weighted by atomic mass is 9.96. The maximum Gasteiger partial charge on any atom is 0.203 e. The van der Waals surface area contributed by atoms with Gasteiger partial charge in [-0.25, -0.2) is 0 Å². The van der Waals surface area contributed by atoms with Crippen LogP contribution in [0.15, 0.2) is 97.1 Å². The van der Waals surface area contributed by atoms with E-state index < -0.39 is 0 Å². The molecule has 0 bridgehead atoms. The maximum atomic E-state index is 10.4. The van der Waals surface area contributed by atoms with Crippen LogP contribution < -0.4 is 37.9 Å². The monoisotopic (exact) mass is 1250 g/mol. The van der Waals surface area contributed by atoms with Gasteiger partial charge in [-0.2, -0.15) is 0 Å². The smallest absolute Gasteiger partial charge is 0.203 e. The van der Waals surface area contributed by atoms with E-state index in [1.807, 2.05) is 60.7 Å². The molecule has 0 saturated carbocycles. The van der Waals surface area contributed by atoms with E-state index in [9.17, 15) is 20.4 Å². The summed E-state index contributed by atoms with van der Waals surface area (Å²) in [4.78, 5) is 0. The lowest BCUT2D eigenvalue weighted by molar-refractivity contribution is 0.230. The first-order chi connectivity index (χ1) is 45.1. The number of aromatic hydroxyl groups is 4. The van der Waals surface area contributed by atoms with Gasteiger partial charge in [-0.3, -0.25) is 0 Å². The highest BCUT2D eigenvalue weighted by atomic mass is 16.6. The van der Waals surface area contributed by atoms with Gasteiger partial charge in [0.2, 0.25) is 11.5 Å². The van der Waals surface area contributed by atoms with Crippen LogP contribution in [-0.2, 0) is 13.2 Å². The maximum absolute atomic E-state index is 10.4. The van der Waals surface area contributed by atoms with Gasteiger partial charge in [-0.1, -0.05) is 181 Å². The molecule has 7 aromatic rings. The molecule has 0 aliphatic heterocycles. The van der Waals surface area contributed by atoms with Crippen molar-refractivity contribution in [1.82, 2.24) is 0 Å². The molecule has 0 fully saturated rings. The molecule has 0 amide bonds. The molecule has 0 aliphatic rings. The number of fused-ring (bicyclic) bond motifs is 3. The highest BCUT2D eigenvalue weighted by Crippen LogP contribution is 2.47. The topological polar surface area (TPSA) is 155 Å². The zero-order valence-corrected chi connectivity index (χ0v) is 55.9. The molecule has 12 heteroatoms. The van der Waals surface area contributed by atoms with E-state index in [2.05, 4.69) is 65.2 Å². The Morgan fingerprint density at radius 3 is 0.804 bits per heavy atom. The van der Waals surface area contributed by atoms with Crippen molar-refractivity contribution in [3.63, 3.8) is 0 Å². The molecule has 0 unspecified atom stereocenters. The Balaban J connectivity index is 1.41. The molecule has 12 nitrogen and oxygen atoms in total. The van der Waals surface area contributed by atoms with Crippen LogP contribution in [0, 0.1) is 23.7 Å². The van der Waals surface area contributed by atoms with Gasteiger partial charge in [-0.05, 0) is 157 Å². The predicted octanol–water partition coefficient (Wildman–Crippen LogP) is 20.5. The fourth-order valence-electron chi connectivity index (χ4n) is 10.8. The molecule has 7 rings (SSSR count). The van der Waals surface area contributed by atoms with Crippen LogP contribution >= 0.6 is 0 Å². The third-order valence-electron chi connectivity index (χ3n) is 16.1. The van der Waals surface area contributed by atoms with Crippen molar-refractivity contribution in [1.29, 1.82) is 0 Å². The lowest BCUT2D eigenvalue weighted by Gasteiger charge is -2.22. The standard InChI is InChI=1S/C80H102O12/c1-7-13-19-25-43-85-73-53-63(54-74(86-44-26-20-14-8-2)79(73)89-47-29-23-17-11-5)57-91-77-65-39-35-59(31-33-61-37-41-69(81)71(83)51-61)49-67(65)68-50-60(32-34-62-38-42-70(82)72(84)52-62)36-40-66(68)78(77)92-58-64-55-75(87-45-27-21-15-9-3)80(90-48-30-24-18-12-6)76(56-64)88-46-28-22-16-10-4/h35-42,49-56,81-84H,7-30,43-48,57-58H2,1-6H3. The third-order valence-corrected chi connectivity index (χ3v) is 16.1. The van der Waals surface area contributed by atoms with Crippen LogP contribution in [-0.4, -0.2) is 60.1 Å². The summed E-state index contributed by atoms with van der Waals surface area (Å²) in [6, 6.07) is 29.1. The van der Waals surface area contributed by atoms with Crippen molar-refractivity contribution in [2.24, 2.45) is 0 Å². The molecular formula is C80H102O12. The number of ether oxygens (including phenoxy) is 8. The fraction of sp³-hybridized carbons (Fsp3) is 0.475. The minimum absolute atomic E-state index is 0.109. The molecule has 0 radical (unpaired) electrons. The van der Waals surface area contributed by atoms with Crippen LogP contribution in [0.2, 0.25) is 0 Å². The second-order valence-corrected chi connectivity index (χ2v) is 24.0. The molecule has 0 saturated heterocycles. The molecule has 0 atom stereocenters. The Bertz CT molecular complexity index is 3210. The van der Waals surface area contributed by atoms with E-state index in [1.54, 1.807) is 12.1 Å². The van der Waals surface area contributed by atoms with E-state index in [-0.39, 0.29) is 36.2 Å². The molecule has 0 heterocycles. The largest absolute Gasteiger partial charge is 0.504 e. The zero-order valence-electron chi connectivity index (χ0n) is 55.9. The fourth-order valence-corrected chi connectivity index (χ4v) is 10.8. The van der Waals surface area contributed by atoms with Gasteiger partial charge in [0, 0.05) is 33.0 Å². The van der Waals surface area contributed by atoms with E-state index in [4.69, 9.17) is 37.9 Å². The average Bonchev–Trinajstić information content (AvgIpc) is 0.760. The number of benzene rings is 7. The lowest BCUT2D eigenvalue weighted by Crippen LogP contribution is -2.09. The Morgan fingerprint density at radius 1 is 0.250 bits per heavy atom. The number of unbranched alkanes of at least 4 members (excludes halogenated alkanes) is 18. The van der Waals surface area contributed by atoms with Crippen molar-refractivity contribution >= 4 is 21.5 Å². The van der Waals surface area contributed by atoms with E-state index in [0.717, 1.165) is 187 Å². The van der Waals surface area contributed by atoms with Crippen LogP contribution in [0.5, 0.6) is 69.0 Å². The number of phenols is 4. The van der Waals surface area contributed by atoms with Gasteiger partial charge in [0.25, 0.3) is 0 Å². The quantitative estimate of drug-likeness (QED) is 0.0125. The minimum atomic E-state index is -0.257. The molecule has 0 aromatic heterocycles. The van der Waals surface area contributed by atoms with Crippen LogP contribution in [0.25, 0.3) is 21.5 Å². The van der Waals surface area contributed by atoms with E-state index in [0.29, 0.717) is 108 Å². The SMILES string of the molecule is CCCCCCOc1cc(COc2c(OCc3cc(OCCCCCC)c(OCCCCCC)c(OCCCCCC)c3)c3ccc(C#Cc4ccc(O)c(O)c4)cc3c3cc(C#Cc4ccc(O)c(O)c4)ccc23)cc(OCCCCCC)c1OCCCCCC. The first kappa shape index (κ1) is 71.2. The number of hydrogen-bond donors (Lipinski definition) is 4. The molecule has 0 aliphatic carbocycles. The summed E-state index contributed by atoms with van der Waals surface area (Å²) in [5.74, 6) is 16.7. The first-order valence-corrected chi connectivity index (χ1v) is 34.5. The van der Waals surface area contributed by atoms with Gasteiger partial charge in [0.1, 0.15) is 13.2 Å². The first-order valence-electron chi connectivity index (χ1n) is 34.5. The molecule has 494 valence electrons. The van der Waals surface area contributed by atoms with Crippen molar-refractivity contribution in [2.45, 2.75) is 209 Å². The van der Waals surface area contributed by atoms with Crippen molar-refractivity contribution in [2.75, 3.05) is 39.6 Å². The summed E-state index contributed by atoms with van der Waals surface area (Å²) in [7, 11) is 0. The molecular weight excluding hydrogens is 1150 g/mol. The summed E-state index contributed by atoms with van der Waals surface area (Å²) >= 11 is 0. The Kier molecular flexibility index (Phi) is 30.9. The van der Waals surface area contributed by atoms with Gasteiger partial charge in [0.15, 0.2) is 57.5 Å². The minimum Gasteiger partial charge on any atom is -0.504 e. The third kappa shape index (κ3) is 22.6. The zero-order chi connectivity index (χ0) is 65.1. The second-order valence-electron chi connectivity index (χ2n) is 24.0. The molecule has 92 heavy (non-hydrogen) atoms. The number of rotatable bonds is 42. The van der Waals surface area contributed by atoms with Crippen LogP contribution in [0.1, 0.15) is 229 Å². The summed E-state index contributed by atoms with van der Waals surface area (Å²) < 4.78 is 54.6. The Morgan fingerprint density at radius 2 is 0.522 bits per heavy atom. The molecule has 7 aromatic carbocycles. The predicted molar refractivity (Wildman–Crippen MR) is 372 cm³/mol. The normalized spacial score (nSPS) is 11.0. The van der Waals surface area contributed by atoms with E-state index in [1.165, 1.54) is 24.3 Å². The van der Waals surface area contributed by atoms with Crippen LogP contribution in [0.4, 0.5) is 0 Å². The van der Waals surface area contributed by atoms with Gasteiger partial charge < -0.3 is 58.3 Å². The van der Waals surface area contributed by atoms with Gasteiger partial charge in [0.05, 0.1) is 39.6 Å². The van der Waals surface area contributed by atoms with Crippen LogP contribution in [0.3, 0.4) is 0 Å². The van der Waals surface area contributed by atoms with Crippen molar-refractivity contribution in [3.8, 4) is 92.7 Å². The second kappa shape index (κ2) is 39.9. The van der Waals surface area contributed by atoms with Crippen molar-refractivity contribution < 1.29 is 58.3 Å².